The molecular weight excluding hydrogens is 254 g/mol. The first-order valence-corrected chi connectivity index (χ1v) is 6.36. The van der Waals surface area contributed by atoms with Gasteiger partial charge in [0.15, 0.2) is 0 Å². The highest BCUT2D eigenvalue weighted by atomic mass is 35.5. The van der Waals surface area contributed by atoms with E-state index in [1.807, 2.05) is 20.8 Å². The van der Waals surface area contributed by atoms with Crippen LogP contribution in [0.3, 0.4) is 0 Å². The van der Waals surface area contributed by atoms with Gasteiger partial charge in [-0.25, -0.2) is 4.79 Å². The maximum atomic E-state index is 11.7. The van der Waals surface area contributed by atoms with Crippen LogP contribution in [0.1, 0.15) is 20.8 Å². The summed E-state index contributed by atoms with van der Waals surface area (Å²) in [5, 5.41) is 3.75. The molecule has 100 valence electrons. The summed E-state index contributed by atoms with van der Waals surface area (Å²) in [6.07, 6.45) is 1.49. The van der Waals surface area contributed by atoms with Gasteiger partial charge in [-0.3, -0.25) is 4.99 Å². The standard InChI is InChI=1S/C12H18ClN3O2/c1-12(2,3)18-11(17)16-6-8(7-16)10-14-4-9(13)5-15-10/h4,8H,5-7H2,1-3H3,(H,14,15). The molecule has 5 nitrogen and oxygen atoms in total. The first-order chi connectivity index (χ1) is 8.35. The molecule has 2 rings (SSSR count). The number of likely N-dealkylation sites (tertiary alicyclic amines) is 1. The van der Waals surface area contributed by atoms with Crippen molar-refractivity contribution in [2.45, 2.75) is 26.4 Å². The summed E-state index contributed by atoms with van der Waals surface area (Å²) in [7, 11) is 0. The fraction of sp³-hybridized carbons (Fsp3) is 0.667. The predicted molar refractivity (Wildman–Crippen MR) is 70.7 cm³/mol. The number of hydrogen-bond acceptors (Lipinski definition) is 4. The molecule has 0 aromatic rings. The largest absolute Gasteiger partial charge is 0.444 e. The van der Waals surface area contributed by atoms with Gasteiger partial charge in [-0.2, -0.15) is 0 Å². The van der Waals surface area contributed by atoms with Crippen molar-refractivity contribution in [1.29, 1.82) is 0 Å². The minimum absolute atomic E-state index is 0.260. The van der Waals surface area contributed by atoms with Crippen LogP contribution in [-0.2, 0) is 4.74 Å². The zero-order chi connectivity index (χ0) is 13.3. The topological polar surface area (TPSA) is 53.9 Å². The minimum Gasteiger partial charge on any atom is -0.444 e. The SMILES string of the molecule is CC(C)(C)OC(=O)N1CC(C2=NCC(Cl)=CN2)C1. The average molecular weight is 272 g/mol. The van der Waals surface area contributed by atoms with Crippen LogP contribution in [-0.4, -0.2) is 42.1 Å². The van der Waals surface area contributed by atoms with Crippen molar-refractivity contribution in [1.82, 2.24) is 10.2 Å². The molecule has 1 saturated heterocycles. The lowest BCUT2D eigenvalue weighted by Gasteiger charge is -2.40. The first-order valence-electron chi connectivity index (χ1n) is 5.98. The van der Waals surface area contributed by atoms with E-state index in [2.05, 4.69) is 10.3 Å². The second-order valence-electron chi connectivity index (χ2n) is 5.52. The maximum absolute atomic E-state index is 11.7. The van der Waals surface area contributed by atoms with E-state index < -0.39 is 5.60 Å². The number of amides is 1. The van der Waals surface area contributed by atoms with Crippen LogP contribution in [0.4, 0.5) is 4.79 Å². The van der Waals surface area contributed by atoms with E-state index in [1.54, 1.807) is 11.1 Å². The fourth-order valence-electron chi connectivity index (χ4n) is 1.78. The number of amidine groups is 1. The van der Waals surface area contributed by atoms with Crippen molar-refractivity contribution in [3.63, 3.8) is 0 Å². The summed E-state index contributed by atoms with van der Waals surface area (Å²) >= 11 is 5.81. The van der Waals surface area contributed by atoms with Gasteiger partial charge >= 0.3 is 6.09 Å². The van der Waals surface area contributed by atoms with E-state index in [1.165, 1.54) is 0 Å². The number of carbonyl (C=O) groups excluding carboxylic acids is 1. The van der Waals surface area contributed by atoms with Crippen LogP contribution < -0.4 is 5.32 Å². The van der Waals surface area contributed by atoms with Crippen molar-refractivity contribution in [3.8, 4) is 0 Å². The molecule has 0 aromatic heterocycles. The lowest BCUT2D eigenvalue weighted by molar-refractivity contribution is 0.00668. The van der Waals surface area contributed by atoms with Crippen LogP contribution in [0.5, 0.6) is 0 Å². The molecule has 0 aromatic carbocycles. The van der Waals surface area contributed by atoms with E-state index in [9.17, 15) is 4.79 Å². The molecule has 6 heteroatoms. The molecule has 0 aliphatic carbocycles. The number of carbonyl (C=O) groups is 1. The van der Waals surface area contributed by atoms with Gasteiger partial charge in [0.05, 0.1) is 17.5 Å². The number of ether oxygens (including phenoxy) is 1. The third-order valence-electron chi connectivity index (χ3n) is 2.70. The van der Waals surface area contributed by atoms with Gasteiger partial charge in [-0.1, -0.05) is 11.6 Å². The molecular formula is C12H18ClN3O2. The molecule has 0 radical (unpaired) electrons. The molecule has 2 heterocycles. The molecule has 1 amide bonds. The molecule has 0 unspecified atom stereocenters. The maximum Gasteiger partial charge on any atom is 0.410 e. The van der Waals surface area contributed by atoms with Crippen LogP contribution in [0, 0.1) is 5.92 Å². The summed E-state index contributed by atoms with van der Waals surface area (Å²) in [4.78, 5) is 17.7. The molecule has 0 bridgehead atoms. The van der Waals surface area contributed by atoms with E-state index in [-0.39, 0.29) is 12.0 Å². The highest BCUT2D eigenvalue weighted by molar-refractivity contribution is 6.30. The highest BCUT2D eigenvalue weighted by Gasteiger charge is 2.36. The number of rotatable bonds is 1. The zero-order valence-corrected chi connectivity index (χ0v) is 11.6. The summed E-state index contributed by atoms with van der Waals surface area (Å²) in [6, 6.07) is 0. The van der Waals surface area contributed by atoms with Gasteiger partial charge in [0.25, 0.3) is 0 Å². The van der Waals surface area contributed by atoms with Crippen molar-refractivity contribution in [3.05, 3.63) is 11.2 Å². The Morgan fingerprint density at radius 2 is 2.22 bits per heavy atom. The third-order valence-corrected chi connectivity index (χ3v) is 2.93. The van der Waals surface area contributed by atoms with Gasteiger partial charge in [0, 0.05) is 19.3 Å². The van der Waals surface area contributed by atoms with Crippen molar-refractivity contribution in [2.24, 2.45) is 10.9 Å². The smallest absolute Gasteiger partial charge is 0.410 e. The monoisotopic (exact) mass is 271 g/mol. The van der Waals surface area contributed by atoms with Crippen molar-refractivity contribution < 1.29 is 9.53 Å². The van der Waals surface area contributed by atoms with E-state index in [0.29, 0.717) is 24.7 Å². The van der Waals surface area contributed by atoms with E-state index >= 15 is 0 Å². The number of nitrogens with one attached hydrogen (secondary N) is 1. The van der Waals surface area contributed by atoms with E-state index in [0.717, 1.165) is 5.84 Å². The lowest BCUT2D eigenvalue weighted by atomic mass is 9.99. The molecule has 0 spiro atoms. The Kier molecular flexibility index (Phi) is 3.52. The van der Waals surface area contributed by atoms with Gasteiger partial charge in [-0.05, 0) is 20.8 Å². The van der Waals surface area contributed by atoms with E-state index in [4.69, 9.17) is 16.3 Å². The average Bonchev–Trinajstić information content (AvgIpc) is 2.15. The zero-order valence-electron chi connectivity index (χ0n) is 10.9. The Bertz CT molecular complexity index is 406. The van der Waals surface area contributed by atoms with Gasteiger partial charge in [-0.15, -0.1) is 0 Å². The number of hydrogen-bond donors (Lipinski definition) is 1. The normalized spacial score (nSPS) is 20.6. The fourth-order valence-corrected chi connectivity index (χ4v) is 1.89. The molecule has 0 atom stereocenters. The highest BCUT2D eigenvalue weighted by Crippen LogP contribution is 2.21. The molecule has 1 fully saturated rings. The van der Waals surface area contributed by atoms with Gasteiger partial charge < -0.3 is 15.0 Å². The van der Waals surface area contributed by atoms with Crippen LogP contribution in [0.15, 0.2) is 16.2 Å². The summed E-state index contributed by atoms with van der Waals surface area (Å²) < 4.78 is 5.29. The molecule has 18 heavy (non-hydrogen) atoms. The van der Waals surface area contributed by atoms with Crippen LogP contribution in [0.2, 0.25) is 0 Å². The lowest BCUT2D eigenvalue weighted by Crippen LogP contribution is -2.56. The first kappa shape index (κ1) is 13.2. The summed E-state index contributed by atoms with van der Waals surface area (Å²) in [5.74, 6) is 1.16. The quantitative estimate of drug-likeness (QED) is 0.793. The Hall–Kier alpha value is -1.23. The van der Waals surface area contributed by atoms with Gasteiger partial charge in [0.1, 0.15) is 11.4 Å². The number of aliphatic imine (C=N–C) groups is 1. The predicted octanol–water partition coefficient (Wildman–Crippen LogP) is 1.94. The Balaban J connectivity index is 1.79. The third kappa shape index (κ3) is 3.16. The second-order valence-corrected chi connectivity index (χ2v) is 6.00. The summed E-state index contributed by atoms with van der Waals surface area (Å²) in [6.45, 7) is 7.40. The molecule has 0 saturated carbocycles. The van der Waals surface area contributed by atoms with Crippen molar-refractivity contribution >= 4 is 23.5 Å². The molecule has 2 aliphatic heterocycles. The molecule has 1 N–H and O–H groups in total. The summed E-state index contributed by atoms with van der Waals surface area (Å²) in [5.41, 5.74) is -0.445. The number of halogens is 1. The van der Waals surface area contributed by atoms with Crippen LogP contribution >= 0.6 is 11.6 Å². The minimum atomic E-state index is -0.445. The van der Waals surface area contributed by atoms with Crippen LogP contribution in [0.25, 0.3) is 0 Å². The van der Waals surface area contributed by atoms with Crippen molar-refractivity contribution in [2.75, 3.05) is 19.6 Å². The second kappa shape index (κ2) is 4.80. The Morgan fingerprint density at radius 1 is 1.56 bits per heavy atom. The Morgan fingerprint density at radius 3 is 2.72 bits per heavy atom. The Labute approximate surface area is 112 Å². The van der Waals surface area contributed by atoms with Gasteiger partial charge in [0.2, 0.25) is 0 Å². The number of nitrogens with zero attached hydrogens (tertiary/aromatic N) is 2. The molecule has 2 aliphatic rings.